The Kier molecular flexibility index (Phi) is 1.99. The van der Waals surface area contributed by atoms with Crippen LogP contribution in [0, 0.1) is 17.8 Å². The third-order valence-electron chi connectivity index (χ3n) is 3.17. The highest BCUT2D eigenvalue weighted by molar-refractivity contribution is 6.31. The molecule has 0 saturated heterocycles. The van der Waals surface area contributed by atoms with Crippen LogP contribution < -0.4 is 0 Å². The van der Waals surface area contributed by atoms with E-state index in [-0.39, 0.29) is 0 Å². The largest absolute Gasteiger partial charge is 0.298 e. The second-order valence-corrected chi connectivity index (χ2v) is 4.28. The van der Waals surface area contributed by atoms with Crippen LogP contribution in [0.2, 0.25) is 0 Å². The molecule has 2 aliphatic carbocycles. The van der Waals surface area contributed by atoms with Crippen LogP contribution in [0.3, 0.4) is 0 Å². The summed E-state index contributed by atoms with van der Waals surface area (Å²) >= 11 is 5.92. The summed E-state index contributed by atoms with van der Waals surface area (Å²) in [5, 5.41) is 0.826. The van der Waals surface area contributed by atoms with Gasteiger partial charge in [0.1, 0.15) is 6.29 Å². The Bertz CT molecular complexity index is 244. The van der Waals surface area contributed by atoms with Crippen molar-refractivity contribution in [2.75, 3.05) is 0 Å². The Morgan fingerprint density at radius 2 is 2.42 bits per heavy atom. The quantitative estimate of drug-likeness (QED) is 0.617. The molecule has 0 aromatic carbocycles. The van der Waals surface area contributed by atoms with Crippen LogP contribution in [0.4, 0.5) is 0 Å². The number of hydrogen-bond donors (Lipinski definition) is 0. The molecule has 2 rings (SSSR count). The van der Waals surface area contributed by atoms with E-state index in [0.29, 0.717) is 5.92 Å². The van der Waals surface area contributed by atoms with Gasteiger partial charge in [0.05, 0.1) is 0 Å². The van der Waals surface area contributed by atoms with Crippen molar-refractivity contribution >= 4 is 17.9 Å². The Balaban J connectivity index is 2.06. The zero-order valence-electron chi connectivity index (χ0n) is 7.22. The molecule has 0 heterocycles. The summed E-state index contributed by atoms with van der Waals surface area (Å²) in [6.45, 7) is 2.19. The minimum Gasteiger partial charge on any atom is -0.298 e. The van der Waals surface area contributed by atoms with Crippen LogP contribution in [-0.4, -0.2) is 6.29 Å². The third kappa shape index (κ3) is 1.03. The van der Waals surface area contributed by atoms with Crippen LogP contribution in [0.25, 0.3) is 0 Å². The zero-order chi connectivity index (χ0) is 8.72. The molecule has 1 fully saturated rings. The highest BCUT2D eigenvalue weighted by Crippen LogP contribution is 2.61. The molecule has 0 aromatic heterocycles. The van der Waals surface area contributed by atoms with Crippen LogP contribution in [-0.2, 0) is 4.79 Å². The molecule has 1 nitrogen and oxygen atoms in total. The Morgan fingerprint density at radius 3 is 3.00 bits per heavy atom. The first-order chi connectivity index (χ1) is 5.79. The van der Waals surface area contributed by atoms with Crippen molar-refractivity contribution in [3.05, 3.63) is 10.6 Å². The topological polar surface area (TPSA) is 17.1 Å². The second kappa shape index (κ2) is 2.88. The van der Waals surface area contributed by atoms with Gasteiger partial charge in [-0.1, -0.05) is 24.9 Å². The van der Waals surface area contributed by atoms with E-state index in [1.165, 1.54) is 12.8 Å². The van der Waals surface area contributed by atoms with E-state index in [1.807, 2.05) is 0 Å². The van der Waals surface area contributed by atoms with Gasteiger partial charge in [-0.25, -0.2) is 0 Å². The Labute approximate surface area is 77.8 Å². The first-order valence-electron chi connectivity index (χ1n) is 4.63. The maximum Gasteiger partial charge on any atom is 0.147 e. The average Bonchev–Trinajstić information content (AvgIpc) is 2.61. The molecule has 0 bridgehead atoms. The van der Waals surface area contributed by atoms with Crippen molar-refractivity contribution in [1.82, 2.24) is 0 Å². The number of carbonyl (C=O) groups excluding carboxylic acids is 1. The van der Waals surface area contributed by atoms with E-state index >= 15 is 0 Å². The highest BCUT2D eigenvalue weighted by Gasteiger charge is 2.55. The number of fused-ring (bicyclic) bond motifs is 1. The van der Waals surface area contributed by atoms with Crippen LogP contribution in [0.1, 0.15) is 26.2 Å². The van der Waals surface area contributed by atoms with Crippen LogP contribution in [0.5, 0.6) is 0 Å². The molecule has 0 radical (unpaired) electrons. The predicted octanol–water partition coefficient (Wildman–Crippen LogP) is 2.74. The maximum absolute atomic E-state index is 10.7. The van der Waals surface area contributed by atoms with E-state index in [0.717, 1.165) is 35.1 Å². The first kappa shape index (κ1) is 8.31. The fourth-order valence-electron chi connectivity index (χ4n) is 2.56. The normalized spacial score (nSPS) is 38.3. The van der Waals surface area contributed by atoms with Gasteiger partial charge in [0.25, 0.3) is 0 Å². The van der Waals surface area contributed by atoms with Crippen LogP contribution >= 0.6 is 11.6 Å². The summed E-state index contributed by atoms with van der Waals surface area (Å²) in [5.74, 6) is 2.03. The van der Waals surface area contributed by atoms with E-state index in [2.05, 4.69) is 6.92 Å². The molecule has 0 amide bonds. The number of carbonyl (C=O) groups is 1. The lowest BCUT2D eigenvalue weighted by Gasteiger charge is -2.01. The molecule has 12 heavy (non-hydrogen) atoms. The van der Waals surface area contributed by atoms with E-state index in [4.69, 9.17) is 11.6 Å². The minimum atomic E-state index is 0.537. The number of allylic oxidation sites excluding steroid dienone is 2. The predicted molar refractivity (Wildman–Crippen MR) is 48.9 cm³/mol. The second-order valence-electron chi connectivity index (χ2n) is 3.82. The van der Waals surface area contributed by atoms with Gasteiger partial charge in [-0.05, 0) is 30.6 Å². The number of halogens is 1. The van der Waals surface area contributed by atoms with Gasteiger partial charge >= 0.3 is 0 Å². The molecule has 0 aromatic rings. The third-order valence-corrected chi connectivity index (χ3v) is 3.54. The molecular formula is C10H13ClO. The van der Waals surface area contributed by atoms with Crippen LogP contribution in [0.15, 0.2) is 10.6 Å². The molecule has 2 heteroatoms. The van der Waals surface area contributed by atoms with Gasteiger partial charge in [-0.15, -0.1) is 0 Å². The fraction of sp³-hybridized carbons (Fsp3) is 0.700. The number of rotatable bonds is 3. The summed E-state index contributed by atoms with van der Waals surface area (Å²) in [6.07, 6.45) is 4.41. The molecule has 0 N–H and O–H groups in total. The van der Waals surface area contributed by atoms with Gasteiger partial charge in [0, 0.05) is 10.6 Å². The lowest BCUT2D eigenvalue weighted by Crippen LogP contribution is -1.92. The molecule has 2 aliphatic rings. The lowest BCUT2D eigenvalue weighted by molar-refractivity contribution is -0.105. The van der Waals surface area contributed by atoms with Gasteiger partial charge in [-0.2, -0.15) is 0 Å². The van der Waals surface area contributed by atoms with Gasteiger partial charge in [0.15, 0.2) is 0 Å². The molecule has 66 valence electrons. The summed E-state index contributed by atoms with van der Waals surface area (Å²) in [4.78, 5) is 10.7. The van der Waals surface area contributed by atoms with Crippen molar-refractivity contribution in [3.8, 4) is 0 Å². The number of hydrogen-bond acceptors (Lipinski definition) is 1. The van der Waals surface area contributed by atoms with Crippen molar-refractivity contribution in [3.63, 3.8) is 0 Å². The summed E-state index contributed by atoms with van der Waals surface area (Å²) in [5.41, 5.74) is 0.903. The van der Waals surface area contributed by atoms with E-state index < -0.39 is 0 Å². The van der Waals surface area contributed by atoms with Crippen molar-refractivity contribution in [1.29, 1.82) is 0 Å². The summed E-state index contributed by atoms with van der Waals surface area (Å²) in [6, 6.07) is 0. The van der Waals surface area contributed by atoms with E-state index in [1.54, 1.807) is 0 Å². The van der Waals surface area contributed by atoms with Crippen molar-refractivity contribution in [2.24, 2.45) is 17.8 Å². The first-order valence-corrected chi connectivity index (χ1v) is 5.01. The Hall–Kier alpha value is -0.300. The molecule has 0 spiro atoms. The number of aldehydes is 1. The highest BCUT2D eigenvalue weighted by atomic mass is 35.5. The Morgan fingerprint density at radius 1 is 1.67 bits per heavy atom. The van der Waals surface area contributed by atoms with E-state index in [9.17, 15) is 4.79 Å². The molecule has 0 aliphatic heterocycles. The monoisotopic (exact) mass is 184 g/mol. The van der Waals surface area contributed by atoms with Crippen molar-refractivity contribution < 1.29 is 4.79 Å². The summed E-state index contributed by atoms with van der Waals surface area (Å²) in [7, 11) is 0. The zero-order valence-corrected chi connectivity index (χ0v) is 7.97. The smallest absolute Gasteiger partial charge is 0.147 e. The van der Waals surface area contributed by atoms with Crippen molar-refractivity contribution in [2.45, 2.75) is 26.2 Å². The molecule has 3 atom stereocenters. The van der Waals surface area contributed by atoms with Gasteiger partial charge < -0.3 is 0 Å². The maximum atomic E-state index is 10.7. The summed E-state index contributed by atoms with van der Waals surface area (Å²) < 4.78 is 0. The SMILES string of the molecule is CCC[C@@H]1[C@H]2CC(Cl)=C(C=O)[C@@H]12. The lowest BCUT2D eigenvalue weighted by atomic mass is 10.1. The molecular weight excluding hydrogens is 172 g/mol. The fourth-order valence-corrected chi connectivity index (χ4v) is 2.91. The standard InChI is InChI=1S/C10H13ClO/c1-2-3-6-7-4-9(11)8(5-12)10(6)7/h5-7,10H,2-4H2,1H3/t6-,7-,10+/m1/s1. The average molecular weight is 185 g/mol. The molecule has 1 saturated carbocycles. The molecule has 0 unspecified atom stereocenters. The van der Waals surface area contributed by atoms with Gasteiger partial charge in [-0.3, -0.25) is 4.79 Å². The minimum absolute atomic E-state index is 0.537. The van der Waals surface area contributed by atoms with Gasteiger partial charge in [0.2, 0.25) is 0 Å².